The van der Waals surface area contributed by atoms with Gasteiger partial charge in [-0.25, -0.2) is 17.9 Å². The van der Waals surface area contributed by atoms with Gasteiger partial charge < -0.3 is 9.42 Å². The lowest BCUT2D eigenvalue weighted by Gasteiger charge is -2.22. The molecule has 1 atom stereocenters. The molecule has 0 bridgehead atoms. The van der Waals surface area contributed by atoms with E-state index in [1.165, 1.54) is 12.1 Å². The number of likely N-dealkylation sites (N-methyl/N-ethyl adjacent to an activating group) is 1. The number of nitrogens with one attached hydrogen (secondary N) is 1. The van der Waals surface area contributed by atoms with Crippen LogP contribution in [0.3, 0.4) is 0 Å². The summed E-state index contributed by atoms with van der Waals surface area (Å²) in [4.78, 5) is 29.2. The van der Waals surface area contributed by atoms with Crippen molar-refractivity contribution < 1.29 is 12.9 Å². The first kappa shape index (κ1) is 23.0. The summed E-state index contributed by atoms with van der Waals surface area (Å²) in [5.41, 5.74) is -0.378. The van der Waals surface area contributed by atoms with E-state index in [4.69, 9.17) is 4.52 Å². The third-order valence-corrected chi connectivity index (χ3v) is 8.58. The van der Waals surface area contributed by atoms with Crippen molar-refractivity contribution in [1.82, 2.24) is 23.9 Å². The zero-order chi connectivity index (χ0) is 24.3. The van der Waals surface area contributed by atoms with Crippen LogP contribution >= 0.6 is 0 Å². The molecule has 1 aliphatic heterocycles. The van der Waals surface area contributed by atoms with Crippen LogP contribution in [0, 0.1) is 6.92 Å². The Labute approximate surface area is 197 Å². The molecular weight excluding hydrogens is 458 g/mol. The SMILES string of the molecule is Cc1cc(Cn2c(=O)c3cc(S(=O)(=O)NC4(C)CC4)ccc3n(CC3CCCN3C)c2=O)on1. The highest BCUT2D eigenvalue weighted by Crippen LogP contribution is 2.36. The second kappa shape index (κ2) is 8.17. The van der Waals surface area contributed by atoms with Crippen LogP contribution in [0.4, 0.5) is 0 Å². The second-order valence-electron chi connectivity index (χ2n) is 9.84. The Balaban J connectivity index is 1.66. The molecule has 1 saturated heterocycles. The predicted octanol–water partition coefficient (Wildman–Crippen LogP) is 1.43. The lowest BCUT2D eigenvalue weighted by atomic mass is 10.2. The maximum atomic E-state index is 13.5. The molecule has 0 radical (unpaired) electrons. The molecule has 34 heavy (non-hydrogen) atoms. The molecule has 2 fully saturated rings. The smallest absolute Gasteiger partial charge is 0.331 e. The van der Waals surface area contributed by atoms with Crippen molar-refractivity contribution in [2.75, 3.05) is 13.6 Å². The number of fused-ring (bicyclic) bond motifs is 1. The number of benzene rings is 1. The number of nitrogens with zero attached hydrogens (tertiary/aromatic N) is 4. The highest BCUT2D eigenvalue weighted by molar-refractivity contribution is 7.89. The number of aromatic nitrogens is 3. The van der Waals surface area contributed by atoms with E-state index in [0.29, 0.717) is 23.5 Å². The lowest BCUT2D eigenvalue weighted by Crippen LogP contribution is -2.43. The first-order chi connectivity index (χ1) is 16.1. The Kier molecular flexibility index (Phi) is 5.53. The molecule has 3 aromatic rings. The third-order valence-electron chi connectivity index (χ3n) is 6.94. The highest BCUT2D eigenvalue weighted by Gasteiger charge is 2.41. The van der Waals surface area contributed by atoms with Gasteiger partial charge in [0.2, 0.25) is 10.0 Å². The van der Waals surface area contributed by atoms with Crippen LogP contribution in [0.2, 0.25) is 0 Å². The molecule has 3 heterocycles. The Bertz CT molecular complexity index is 1480. The zero-order valence-corrected chi connectivity index (χ0v) is 20.4. The molecule has 182 valence electrons. The van der Waals surface area contributed by atoms with Crippen molar-refractivity contribution in [2.24, 2.45) is 0 Å². The lowest BCUT2D eigenvalue weighted by molar-refractivity contribution is 0.279. The molecule has 1 aliphatic carbocycles. The van der Waals surface area contributed by atoms with E-state index in [2.05, 4.69) is 14.8 Å². The number of sulfonamides is 1. The van der Waals surface area contributed by atoms with E-state index in [0.717, 1.165) is 36.8 Å². The molecule has 11 heteroatoms. The van der Waals surface area contributed by atoms with Gasteiger partial charge in [0.25, 0.3) is 5.56 Å². The first-order valence-corrected chi connectivity index (χ1v) is 13.0. The van der Waals surface area contributed by atoms with Crippen LogP contribution in [0.15, 0.2) is 43.3 Å². The fraction of sp³-hybridized carbons (Fsp3) is 0.522. The molecule has 0 spiro atoms. The minimum Gasteiger partial charge on any atom is -0.359 e. The molecular formula is C23H29N5O5S. The fourth-order valence-electron chi connectivity index (χ4n) is 4.63. The van der Waals surface area contributed by atoms with Gasteiger partial charge in [0.1, 0.15) is 0 Å². The van der Waals surface area contributed by atoms with Gasteiger partial charge in [-0.3, -0.25) is 13.9 Å². The average molecular weight is 488 g/mol. The van der Waals surface area contributed by atoms with Crippen LogP contribution in [0.5, 0.6) is 0 Å². The van der Waals surface area contributed by atoms with Gasteiger partial charge in [-0.2, -0.15) is 0 Å². The van der Waals surface area contributed by atoms with Crippen molar-refractivity contribution in [1.29, 1.82) is 0 Å². The van der Waals surface area contributed by atoms with Gasteiger partial charge >= 0.3 is 5.69 Å². The van der Waals surface area contributed by atoms with E-state index < -0.39 is 26.8 Å². The second-order valence-corrected chi connectivity index (χ2v) is 11.5. The molecule has 2 aromatic heterocycles. The normalized spacial score (nSPS) is 20.3. The minimum atomic E-state index is -3.81. The fourth-order valence-corrected chi connectivity index (χ4v) is 6.12. The highest BCUT2D eigenvalue weighted by atomic mass is 32.2. The standard InChI is InChI=1S/C23H29N5O5S/c1-15-11-17(33-24-15)14-28-21(29)19-12-18(34(31,32)25-23(2)8-9-23)6-7-20(19)27(22(28)30)13-16-5-4-10-26(16)3/h6-7,11-12,16,25H,4-5,8-10,13-14H2,1-3H3. The molecule has 1 N–H and O–H groups in total. The first-order valence-electron chi connectivity index (χ1n) is 11.5. The Morgan fingerprint density at radius 2 is 1.97 bits per heavy atom. The largest absolute Gasteiger partial charge is 0.359 e. The average Bonchev–Trinajstić information content (AvgIpc) is 3.14. The number of likely N-dealkylation sites (tertiary alicyclic amines) is 1. The summed E-state index contributed by atoms with van der Waals surface area (Å²) in [5.74, 6) is 0.382. The van der Waals surface area contributed by atoms with Crippen molar-refractivity contribution in [3.8, 4) is 0 Å². The van der Waals surface area contributed by atoms with Crippen LogP contribution in [0.1, 0.15) is 44.1 Å². The van der Waals surface area contributed by atoms with Crippen molar-refractivity contribution in [2.45, 2.75) is 69.1 Å². The number of hydrogen-bond acceptors (Lipinski definition) is 7. The summed E-state index contributed by atoms with van der Waals surface area (Å²) in [6.07, 6.45) is 3.53. The quantitative estimate of drug-likeness (QED) is 0.535. The maximum absolute atomic E-state index is 13.5. The number of rotatable bonds is 7. The van der Waals surface area contributed by atoms with E-state index >= 15 is 0 Å². The van der Waals surface area contributed by atoms with Gasteiger partial charge in [0.05, 0.1) is 28.0 Å². The van der Waals surface area contributed by atoms with Crippen molar-refractivity contribution in [3.63, 3.8) is 0 Å². The maximum Gasteiger partial charge on any atom is 0.331 e. The molecule has 2 aliphatic rings. The Morgan fingerprint density at radius 3 is 2.59 bits per heavy atom. The Morgan fingerprint density at radius 1 is 1.21 bits per heavy atom. The topological polar surface area (TPSA) is 119 Å². The number of aryl methyl sites for hydroxylation is 1. The van der Waals surface area contributed by atoms with E-state index in [-0.39, 0.29) is 22.9 Å². The van der Waals surface area contributed by atoms with Gasteiger partial charge in [0, 0.05) is 24.2 Å². The molecule has 5 rings (SSSR count). The summed E-state index contributed by atoms with van der Waals surface area (Å²) >= 11 is 0. The summed E-state index contributed by atoms with van der Waals surface area (Å²) in [7, 11) is -1.79. The Hall–Kier alpha value is -2.76. The number of hydrogen-bond donors (Lipinski definition) is 1. The monoisotopic (exact) mass is 487 g/mol. The summed E-state index contributed by atoms with van der Waals surface area (Å²) in [6.45, 7) is 4.88. The van der Waals surface area contributed by atoms with Gasteiger partial charge in [0.15, 0.2) is 5.76 Å². The molecule has 10 nitrogen and oxygen atoms in total. The van der Waals surface area contributed by atoms with E-state index in [1.54, 1.807) is 23.6 Å². The minimum absolute atomic E-state index is 0.00969. The molecule has 1 saturated carbocycles. The van der Waals surface area contributed by atoms with Crippen LogP contribution in [-0.2, 0) is 23.1 Å². The van der Waals surface area contributed by atoms with Gasteiger partial charge in [-0.1, -0.05) is 5.16 Å². The summed E-state index contributed by atoms with van der Waals surface area (Å²) in [6, 6.07) is 6.24. The third kappa shape index (κ3) is 4.23. The van der Waals surface area contributed by atoms with E-state index in [9.17, 15) is 18.0 Å². The van der Waals surface area contributed by atoms with Gasteiger partial charge in [-0.15, -0.1) is 0 Å². The zero-order valence-electron chi connectivity index (χ0n) is 19.6. The van der Waals surface area contributed by atoms with Crippen molar-refractivity contribution in [3.05, 3.63) is 56.6 Å². The molecule has 1 unspecified atom stereocenters. The van der Waals surface area contributed by atoms with Crippen LogP contribution in [0.25, 0.3) is 10.9 Å². The van der Waals surface area contributed by atoms with E-state index in [1.807, 2.05) is 14.0 Å². The molecule has 0 amide bonds. The van der Waals surface area contributed by atoms with Gasteiger partial charge in [-0.05, 0) is 71.3 Å². The predicted molar refractivity (Wildman–Crippen MR) is 126 cm³/mol. The van der Waals surface area contributed by atoms with Crippen LogP contribution < -0.4 is 16.0 Å². The summed E-state index contributed by atoms with van der Waals surface area (Å²) < 4.78 is 36.6. The molecule has 1 aromatic carbocycles. The van der Waals surface area contributed by atoms with Crippen molar-refractivity contribution >= 4 is 20.9 Å². The summed E-state index contributed by atoms with van der Waals surface area (Å²) in [5, 5.41) is 4.02. The van der Waals surface area contributed by atoms with Crippen LogP contribution in [-0.4, -0.2) is 52.8 Å².